The minimum atomic E-state index is -1.63. The first kappa shape index (κ1) is 11.4. The van der Waals surface area contributed by atoms with E-state index >= 15 is 0 Å². The van der Waals surface area contributed by atoms with Crippen molar-refractivity contribution < 1.29 is 24.9 Å². The lowest BCUT2D eigenvalue weighted by Crippen LogP contribution is -2.13. The highest BCUT2D eigenvalue weighted by Gasteiger charge is 2.17. The van der Waals surface area contributed by atoms with Crippen LogP contribution in [0, 0.1) is 0 Å². The third-order valence-electron chi connectivity index (χ3n) is 0.892. The van der Waals surface area contributed by atoms with Crippen LogP contribution in [-0.2, 0) is 4.65 Å². The number of aliphatic hydroxyl groups excluding tert-OH is 2. The number of allylic oxidation sites excluding steroid dienone is 2. The van der Waals surface area contributed by atoms with Crippen molar-refractivity contribution in [2.24, 2.45) is 0 Å². The lowest BCUT2D eigenvalue weighted by atomic mass is 10.3. The molecule has 0 radical (unpaired) electrons. The molecule has 1 atom stereocenters. The molecule has 0 aromatic carbocycles. The molecule has 1 aliphatic carbocycles. The SMILES string of the molecule is CC(O)CO.OB(O)OC1=CC1. The summed E-state index contributed by atoms with van der Waals surface area (Å²) in [6.45, 7) is 1.39. The van der Waals surface area contributed by atoms with E-state index in [9.17, 15) is 0 Å². The van der Waals surface area contributed by atoms with E-state index in [0.29, 0.717) is 5.76 Å². The van der Waals surface area contributed by atoms with E-state index in [-0.39, 0.29) is 6.61 Å². The molecule has 1 aliphatic rings. The molecule has 1 unspecified atom stereocenters. The summed E-state index contributed by atoms with van der Waals surface area (Å²) < 4.78 is 4.33. The number of hydrogen-bond donors (Lipinski definition) is 4. The van der Waals surface area contributed by atoms with Gasteiger partial charge in [0.15, 0.2) is 0 Å². The van der Waals surface area contributed by atoms with Gasteiger partial charge in [-0.25, -0.2) is 0 Å². The van der Waals surface area contributed by atoms with Gasteiger partial charge in [-0.05, 0) is 13.0 Å². The van der Waals surface area contributed by atoms with Crippen molar-refractivity contribution in [2.45, 2.75) is 19.4 Å². The van der Waals surface area contributed by atoms with Crippen LogP contribution in [0.4, 0.5) is 0 Å². The fraction of sp³-hybridized carbons (Fsp3) is 0.667. The maximum absolute atomic E-state index is 8.11. The third kappa shape index (κ3) is 9.44. The van der Waals surface area contributed by atoms with Crippen molar-refractivity contribution >= 4 is 7.32 Å². The molecule has 4 N–H and O–H groups in total. The van der Waals surface area contributed by atoms with Gasteiger partial charge in [0.05, 0.1) is 18.5 Å². The van der Waals surface area contributed by atoms with Crippen LogP contribution >= 0.6 is 0 Å². The van der Waals surface area contributed by atoms with Crippen LogP contribution in [0.15, 0.2) is 11.8 Å². The largest absolute Gasteiger partial charge is 0.707 e. The molecule has 70 valence electrons. The van der Waals surface area contributed by atoms with E-state index in [1.807, 2.05) is 0 Å². The van der Waals surface area contributed by atoms with E-state index < -0.39 is 13.4 Å². The van der Waals surface area contributed by atoms with Crippen molar-refractivity contribution in [2.75, 3.05) is 6.61 Å². The van der Waals surface area contributed by atoms with E-state index in [1.54, 1.807) is 6.08 Å². The quantitative estimate of drug-likeness (QED) is 0.398. The molecule has 0 amide bonds. The van der Waals surface area contributed by atoms with Crippen LogP contribution in [0.1, 0.15) is 13.3 Å². The molecule has 0 saturated heterocycles. The average Bonchev–Trinajstić information content (AvgIpc) is 2.72. The van der Waals surface area contributed by atoms with Crippen LogP contribution in [0.3, 0.4) is 0 Å². The van der Waals surface area contributed by atoms with Gasteiger partial charge < -0.3 is 24.9 Å². The van der Waals surface area contributed by atoms with Gasteiger partial charge in [0.25, 0.3) is 0 Å². The van der Waals surface area contributed by atoms with Gasteiger partial charge in [0.1, 0.15) is 0 Å². The topological polar surface area (TPSA) is 90.2 Å². The summed E-state index contributed by atoms with van der Waals surface area (Å²) in [6.07, 6.45) is 1.96. The first-order valence-electron chi connectivity index (χ1n) is 3.57. The Balaban J connectivity index is 0.000000217. The molecule has 0 heterocycles. The molecule has 0 aromatic heterocycles. The molecule has 12 heavy (non-hydrogen) atoms. The lowest BCUT2D eigenvalue weighted by Gasteiger charge is -1.93. The van der Waals surface area contributed by atoms with Crippen molar-refractivity contribution in [1.29, 1.82) is 0 Å². The highest BCUT2D eigenvalue weighted by Crippen LogP contribution is 2.18. The third-order valence-corrected chi connectivity index (χ3v) is 0.892. The average molecular weight is 176 g/mol. The Bertz CT molecular complexity index is 145. The number of rotatable bonds is 3. The highest BCUT2D eigenvalue weighted by atomic mass is 16.6. The van der Waals surface area contributed by atoms with Crippen molar-refractivity contribution in [3.05, 3.63) is 11.8 Å². The maximum Gasteiger partial charge on any atom is 0.707 e. The van der Waals surface area contributed by atoms with Gasteiger partial charge in [-0.15, -0.1) is 0 Å². The zero-order valence-electron chi connectivity index (χ0n) is 6.84. The Hall–Kier alpha value is -0.555. The van der Waals surface area contributed by atoms with Gasteiger partial charge in [-0.2, -0.15) is 0 Å². The molecule has 5 nitrogen and oxygen atoms in total. The second kappa shape index (κ2) is 6.02. The molecule has 0 spiro atoms. The minimum Gasteiger partial charge on any atom is -0.516 e. The molecular formula is C6H13BO5. The predicted octanol–water partition coefficient (Wildman–Crippen LogP) is -1.38. The molecule has 0 aromatic rings. The molecule has 0 fully saturated rings. The van der Waals surface area contributed by atoms with Gasteiger partial charge in [-0.3, -0.25) is 0 Å². The van der Waals surface area contributed by atoms with E-state index in [1.165, 1.54) is 6.92 Å². The Morgan fingerprint density at radius 2 is 2.08 bits per heavy atom. The van der Waals surface area contributed by atoms with Crippen molar-refractivity contribution in [1.82, 2.24) is 0 Å². The molecule has 0 aliphatic heterocycles. The molecule has 6 heteroatoms. The molecule has 0 saturated carbocycles. The van der Waals surface area contributed by atoms with E-state index in [4.69, 9.17) is 20.3 Å². The zero-order valence-corrected chi connectivity index (χ0v) is 6.84. The summed E-state index contributed by atoms with van der Waals surface area (Å²) >= 11 is 0. The van der Waals surface area contributed by atoms with Gasteiger partial charge in [0, 0.05) is 6.42 Å². The van der Waals surface area contributed by atoms with Crippen LogP contribution in [-0.4, -0.2) is 40.3 Å². The van der Waals surface area contributed by atoms with Crippen molar-refractivity contribution in [3.8, 4) is 0 Å². The molecule has 0 bridgehead atoms. The second-order valence-corrected chi connectivity index (χ2v) is 2.35. The highest BCUT2D eigenvalue weighted by molar-refractivity contribution is 6.33. The monoisotopic (exact) mass is 176 g/mol. The number of hydrogen-bond acceptors (Lipinski definition) is 5. The lowest BCUT2D eigenvalue weighted by molar-refractivity contribution is 0.110. The standard InChI is InChI=1S/C3H5BO3.C3H8O2/c5-4(6)7-3-1-2-3;1-3(5)2-4/h1,5-6H,2H2;3-5H,2H2,1H3. The Morgan fingerprint density at radius 3 is 2.17 bits per heavy atom. The first-order valence-corrected chi connectivity index (χ1v) is 3.57. The van der Waals surface area contributed by atoms with Crippen LogP contribution in [0.25, 0.3) is 0 Å². The second-order valence-electron chi connectivity index (χ2n) is 2.35. The minimum absolute atomic E-state index is 0.139. The summed E-state index contributed by atoms with van der Waals surface area (Å²) in [5, 5.41) is 32.1. The molecule has 1 rings (SSSR count). The predicted molar refractivity (Wildman–Crippen MR) is 42.7 cm³/mol. The fourth-order valence-electron chi connectivity index (χ4n) is 0.273. The smallest absolute Gasteiger partial charge is 0.516 e. The van der Waals surface area contributed by atoms with Crippen LogP contribution < -0.4 is 0 Å². The fourth-order valence-corrected chi connectivity index (χ4v) is 0.273. The summed E-state index contributed by atoms with van der Waals surface area (Å²) in [4.78, 5) is 0. The van der Waals surface area contributed by atoms with Gasteiger partial charge in [-0.1, -0.05) is 0 Å². The van der Waals surface area contributed by atoms with E-state index in [2.05, 4.69) is 4.65 Å². The molecular weight excluding hydrogens is 163 g/mol. The Morgan fingerprint density at radius 1 is 1.67 bits per heavy atom. The van der Waals surface area contributed by atoms with E-state index in [0.717, 1.165) is 6.42 Å². The Kier molecular flexibility index (Phi) is 5.74. The van der Waals surface area contributed by atoms with Gasteiger partial charge in [0.2, 0.25) is 0 Å². The summed E-state index contributed by atoms with van der Waals surface area (Å²) in [7, 11) is -1.63. The maximum atomic E-state index is 8.11. The Labute approximate surface area is 71.1 Å². The summed E-state index contributed by atoms with van der Waals surface area (Å²) in [6, 6.07) is 0. The van der Waals surface area contributed by atoms with Crippen molar-refractivity contribution in [3.63, 3.8) is 0 Å². The summed E-state index contributed by atoms with van der Waals surface area (Å²) in [5.74, 6) is 0.662. The first-order chi connectivity index (χ1) is 5.56. The van der Waals surface area contributed by atoms with Crippen LogP contribution in [0.5, 0.6) is 0 Å². The van der Waals surface area contributed by atoms with Crippen LogP contribution in [0.2, 0.25) is 0 Å². The zero-order chi connectivity index (χ0) is 9.56. The van der Waals surface area contributed by atoms with Gasteiger partial charge >= 0.3 is 7.32 Å². The number of aliphatic hydroxyl groups is 2. The normalized spacial score (nSPS) is 15.2. The summed E-state index contributed by atoms with van der Waals surface area (Å²) in [5.41, 5.74) is 0.